The molecule has 0 fully saturated rings. The molecular weight excluding hydrogens is 306 g/mol. The molecule has 0 aromatic heterocycles. The van der Waals surface area contributed by atoms with Gasteiger partial charge in [-0.3, -0.25) is 9.59 Å². The summed E-state index contributed by atoms with van der Waals surface area (Å²) in [5.41, 5.74) is -1.46. The second-order valence-electron chi connectivity index (χ2n) is 6.55. The highest BCUT2D eigenvalue weighted by Gasteiger charge is 2.51. The number of nitriles is 1. The van der Waals surface area contributed by atoms with E-state index >= 15 is 0 Å². The van der Waals surface area contributed by atoms with Crippen LogP contribution in [0.5, 0.6) is 0 Å². The summed E-state index contributed by atoms with van der Waals surface area (Å²) >= 11 is 0. The van der Waals surface area contributed by atoms with E-state index in [1.54, 1.807) is 13.8 Å². The standard InChI is InChI=1S/C19H33NO4/c1-6-9-10-11-12-19(14-20,18(22)24-8-3)16(13-15(4)5)17(21)23-7-2/h15-16H,6-13H2,1-5H3. The fraction of sp³-hybridized carbons (Fsp3) is 0.842. The van der Waals surface area contributed by atoms with E-state index in [0.29, 0.717) is 19.3 Å². The summed E-state index contributed by atoms with van der Waals surface area (Å²) in [5, 5.41) is 9.87. The van der Waals surface area contributed by atoms with E-state index in [1.807, 2.05) is 13.8 Å². The van der Waals surface area contributed by atoms with Gasteiger partial charge in [0.15, 0.2) is 5.41 Å². The Balaban J connectivity index is 5.64. The van der Waals surface area contributed by atoms with Crippen LogP contribution in [-0.2, 0) is 19.1 Å². The van der Waals surface area contributed by atoms with Crippen molar-refractivity contribution in [2.45, 2.75) is 73.1 Å². The predicted octanol–water partition coefficient (Wildman–Crippen LogP) is 4.26. The number of ether oxygens (including phenoxy) is 2. The minimum absolute atomic E-state index is 0.164. The lowest BCUT2D eigenvalue weighted by Gasteiger charge is -2.32. The molecule has 138 valence electrons. The van der Waals surface area contributed by atoms with Gasteiger partial charge in [-0.25, -0.2) is 0 Å². The molecule has 5 nitrogen and oxygen atoms in total. The van der Waals surface area contributed by atoms with Crippen LogP contribution in [0.1, 0.15) is 73.1 Å². The fourth-order valence-electron chi connectivity index (χ4n) is 2.90. The van der Waals surface area contributed by atoms with Gasteiger partial charge in [-0.2, -0.15) is 5.26 Å². The van der Waals surface area contributed by atoms with Crippen molar-refractivity contribution in [3.8, 4) is 6.07 Å². The first-order valence-corrected chi connectivity index (χ1v) is 9.14. The predicted molar refractivity (Wildman–Crippen MR) is 93.0 cm³/mol. The second kappa shape index (κ2) is 11.9. The molecule has 0 aromatic carbocycles. The van der Waals surface area contributed by atoms with E-state index in [0.717, 1.165) is 19.3 Å². The van der Waals surface area contributed by atoms with E-state index in [-0.39, 0.29) is 19.1 Å². The molecule has 0 bridgehead atoms. The number of rotatable bonds is 12. The second-order valence-corrected chi connectivity index (χ2v) is 6.55. The first kappa shape index (κ1) is 22.4. The van der Waals surface area contributed by atoms with Gasteiger partial charge < -0.3 is 9.47 Å². The van der Waals surface area contributed by atoms with Gasteiger partial charge in [0.1, 0.15) is 0 Å². The Labute approximate surface area is 146 Å². The zero-order valence-corrected chi connectivity index (χ0v) is 15.9. The summed E-state index contributed by atoms with van der Waals surface area (Å²) in [4.78, 5) is 25.1. The molecule has 2 unspecified atom stereocenters. The van der Waals surface area contributed by atoms with E-state index in [4.69, 9.17) is 9.47 Å². The van der Waals surface area contributed by atoms with Crippen molar-refractivity contribution in [2.24, 2.45) is 17.3 Å². The number of esters is 2. The molecule has 0 amide bonds. The van der Waals surface area contributed by atoms with Crippen LogP contribution in [0.15, 0.2) is 0 Å². The van der Waals surface area contributed by atoms with E-state index in [2.05, 4.69) is 13.0 Å². The molecule has 0 aliphatic rings. The van der Waals surface area contributed by atoms with Gasteiger partial charge in [0.25, 0.3) is 0 Å². The number of carbonyl (C=O) groups is 2. The van der Waals surface area contributed by atoms with Gasteiger partial charge in [-0.15, -0.1) is 0 Å². The number of nitrogens with zero attached hydrogens (tertiary/aromatic N) is 1. The minimum Gasteiger partial charge on any atom is -0.466 e. The maximum absolute atomic E-state index is 12.6. The highest BCUT2D eigenvalue weighted by atomic mass is 16.5. The highest BCUT2D eigenvalue weighted by molar-refractivity contribution is 5.88. The van der Waals surface area contributed by atoms with Crippen LogP contribution in [0.2, 0.25) is 0 Å². The molecule has 0 radical (unpaired) electrons. The number of carbonyl (C=O) groups excluding carboxylic acids is 2. The smallest absolute Gasteiger partial charge is 0.327 e. The Morgan fingerprint density at radius 3 is 2.12 bits per heavy atom. The van der Waals surface area contributed by atoms with Crippen LogP contribution in [0.3, 0.4) is 0 Å². The molecule has 0 heterocycles. The summed E-state index contributed by atoms with van der Waals surface area (Å²) in [6.07, 6.45) is 4.51. The van der Waals surface area contributed by atoms with E-state index < -0.39 is 23.3 Å². The molecule has 0 aromatic rings. The molecule has 0 aliphatic heterocycles. The first-order chi connectivity index (χ1) is 11.4. The Kier molecular flexibility index (Phi) is 11.1. The van der Waals surface area contributed by atoms with Gasteiger partial charge in [0.05, 0.1) is 25.2 Å². The molecule has 0 saturated heterocycles. The molecule has 0 saturated carbocycles. The number of hydrogen-bond acceptors (Lipinski definition) is 5. The number of unbranched alkanes of at least 4 members (excludes halogenated alkanes) is 3. The van der Waals surface area contributed by atoms with Gasteiger partial charge in [-0.05, 0) is 32.6 Å². The van der Waals surface area contributed by atoms with Crippen molar-refractivity contribution in [3.63, 3.8) is 0 Å². The third-order valence-corrected chi connectivity index (χ3v) is 4.14. The van der Waals surface area contributed by atoms with Crippen LogP contribution in [0.25, 0.3) is 0 Å². The lowest BCUT2D eigenvalue weighted by Crippen LogP contribution is -2.44. The molecule has 0 rings (SSSR count). The largest absolute Gasteiger partial charge is 0.466 e. The van der Waals surface area contributed by atoms with Crippen LogP contribution in [-0.4, -0.2) is 25.2 Å². The average Bonchev–Trinajstić information content (AvgIpc) is 2.54. The lowest BCUT2D eigenvalue weighted by molar-refractivity contribution is -0.166. The van der Waals surface area contributed by atoms with Crippen LogP contribution < -0.4 is 0 Å². The van der Waals surface area contributed by atoms with E-state index in [1.165, 1.54) is 0 Å². The molecule has 5 heteroatoms. The van der Waals surface area contributed by atoms with Crippen LogP contribution >= 0.6 is 0 Å². The van der Waals surface area contributed by atoms with E-state index in [9.17, 15) is 14.9 Å². The Hall–Kier alpha value is -1.57. The Morgan fingerprint density at radius 1 is 1.04 bits per heavy atom. The highest BCUT2D eigenvalue weighted by Crippen LogP contribution is 2.39. The maximum Gasteiger partial charge on any atom is 0.327 e. The molecule has 0 aliphatic carbocycles. The van der Waals surface area contributed by atoms with Crippen molar-refractivity contribution < 1.29 is 19.1 Å². The van der Waals surface area contributed by atoms with Crippen molar-refractivity contribution in [3.05, 3.63) is 0 Å². The average molecular weight is 339 g/mol. The third-order valence-electron chi connectivity index (χ3n) is 4.14. The Morgan fingerprint density at radius 2 is 1.67 bits per heavy atom. The molecular formula is C19H33NO4. The van der Waals surface area contributed by atoms with Crippen molar-refractivity contribution in [2.75, 3.05) is 13.2 Å². The molecule has 0 spiro atoms. The fourth-order valence-corrected chi connectivity index (χ4v) is 2.90. The zero-order valence-electron chi connectivity index (χ0n) is 15.9. The minimum atomic E-state index is -1.46. The summed E-state index contributed by atoms with van der Waals surface area (Å²) in [7, 11) is 0. The van der Waals surface area contributed by atoms with Crippen molar-refractivity contribution >= 4 is 11.9 Å². The quantitative estimate of drug-likeness (QED) is 0.392. The summed E-state index contributed by atoms with van der Waals surface area (Å²) in [5.74, 6) is -1.70. The van der Waals surface area contributed by atoms with Crippen LogP contribution in [0.4, 0.5) is 0 Å². The SMILES string of the molecule is CCCCCCC(C#N)(C(=O)OCC)C(CC(C)C)C(=O)OCC. The topological polar surface area (TPSA) is 76.4 Å². The monoisotopic (exact) mass is 339 g/mol. The van der Waals surface area contributed by atoms with Crippen molar-refractivity contribution in [1.29, 1.82) is 5.26 Å². The summed E-state index contributed by atoms with van der Waals surface area (Å²) in [6, 6.07) is 2.15. The van der Waals surface area contributed by atoms with Crippen LogP contribution in [0, 0.1) is 28.6 Å². The molecule has 2 atom stereocenters. The molecule has 24 heavy (non-hydrogen) atoms. The van der Waals surface area contributed by atoms with Gasteiger partial charge >= 0.3 is 11.9 Å². The van der Waals surface area contributed by atoms with Gasteiger partial charge in [0, 0.05) is 0 Å². The van der Waals surface area contributed by atoms with Gasteiger partial charge in [-0.1, -0.05) is 46.5 Å². The molecule has 0 N–H and O–H groups in total. The Bertz CT molecular complexity index is 428. The first-order valence-electron chi connectivity index (χ1n) is 9.14. The third kappa shape index (κ3) is 6.51. The zero-order chi connectivity index (χ0) is 18.6. The normalized spacial score (nSPS) is 14.5. The summed E-state index contributed by atoms with van der Waals surface area (Å²) in [6.45, 7) is 9.89. The lowest BCUT2D eigenvalue weighted by atomic mass is 9.69. The van der Waals surface area contributed by atoms with Crippen molar-refractivity contribution in [1.82, 2.24) is 0 Å². The summed E-state index contributed by atoms with van der Waals surface area (Å²) < 4.78 is 10.3. The number of hydrogen-bond donors (Lipinski definition) is 0. The van der Waals surface area contributed by atoms with Gasteiger partial charge in [0.2, 0.25) is 0 Å². The maximum atomic E-state index is 12.6.